The highest BCUT2D eigenvalue weighted by atomic mass is 32.1. The van der Waals surface area contributed by atoms with Crippen LogP contribution in [0.15, 0.2) is 24.3 Å². The summed E-state index contributed by atoms with van der Waals surface area (Å²) < 4.78 is 0. The van der Waals surface area contributed by atoms with E-state index >= 15 is 0 Å². The van der Waals surface area contributed by atoms with Crippen molar-refractivity contribution in [3.63, 3.8) is 0 Å². The predicted molar refractivity (Wildman–Crippen MR) is 108 cm³/mol. The first-order valence-electron chi connectivity index (χ1n) is 9.92. The van der Waals surface area contributed by atoms with E-state index in [1.807, 2.05) is 11.0 Å². The van der Waals surface area contributed by atoms with Crippen LogP contribution in [0.3, 0.4) is 0 Å². The Kier molecular flexibility index (Phi) is 5.45. The molecule has 0 bridgehead atoms. The summed E-state index contributed by atoms with van der Waals surface area (Å²) in [5.74, 6) is -0.526. The zero-order chi connectivity index (χ0) is 18.8. The lowest BCUT2D eigenvalue weighted by atomic mass is 9.82. The Morgan fingerprint density at radius 1 is 1.22 bits per heavy atom. The Bertz CT molecular complexity index is 789. The van der Waals surface area contributed by atoms with Gasteiger partial charge in [0.15, 0.2) is 0 Å². The summed E-state index contributed by atoms with van der Waals surface area (Å²) >= 11 is 1.29. The first kappa shape index (κ1) is 18.4. The molecule has 0 unspecified atom stereocenters. The molecule has 2 N–H and O–H groups in total. The van der Waals surface area contributed by atoms with Gasteiger partial charge in [-0.3, -0.25) is 4.79 Å². The number of piperazine rings is 1. The minimum atomic E-state index is -0.949. The normalized spacial score (nSPS) is 24.1. The van der Waals surface area contributed by atoms with Crippen molar-refractivity contribution in [3.8, 4) is 0 Å². The van der Waals surface area contributed by atoms with Crippen molar-refractivity contribution in [2.75, 3.05) is 18.0 Å². The molecule has 0 aromatic carbocycles. The fraction of sp³-hybridized carbons (Fsp3) is 0.524. The lowest BCUT2D eigenvalue weighted by Crippen LogP contribution is -2.58. The molecule has 0 spiro atoms. The SMILES string of the molecule is O=C(O)c1sc(C2=CCCC=C2)cc1N1C(=O)CNC[C@H]1C1CCCCC1. The maximum absolute atomic E-state index is 12.9. The Hall–Kier alpha value is -1.92. The Morgan fingerprint density at radius 3 is 2.74 bits per heavy atom. The Labute approximate surface area is 163 Å². The van der Waals surface area contributed by atoms with E-state index in [-0.39, 0.29) is 23.4 Å². The average Bonchev–Trinajstić information content (AvgIpc) is 3.14. The molecule has 1 aromatic rings. The van der Waals surface area contributed by atoms with E-state index in [0.717, 1.165) is 42.7 Å². The maximum Gasteiger partial charge on any atom is 0.348 e. The number of carbonyl (C=O) groups is 2. The fourth-order valence-electron chi connectivity index (χ4n) is 4.55. The smallest absolute Gasteiger partial charge is 0.348 e. The number of thiophene rings is 1. The lowest BCUT2D eigenvalue weighted by Gasteiger charge is -2.41. The maximum atomic E-state index is 12.9. The van der Waals surface area contributed by atoms with Gasteiger partial charge in [-0.2, -0.15) is 0 Å². The molecule has 1 aliphatic heterocycles. The topological polar surface area (TPSA) is 69.6 Å². The number of nitrogens with one attached hydrogen (secondary N) is 1. The molecule has 3 aliphatic rings. The summed E-state index contributed by atoms with van der Waals surface area (Å²) in [6.07, 6.45) is 14.2. The molecule has 2 aliphatic carbocycles. The van der Waals surface area contributed by atoms with Gasteiger partial charge in [-0.15, -0.1) is 11.3 Å². The minimum absolute atomic E-state index is 0.0168. The molecule has 1 atom stereocenters. The minimum Gasteiger partial charge on any atom is -0.477 e. The van der Waals surface area contributed by atoms with Crippen molar-refractivity contribution in [1.29, 1.82) is 0 Å². The van der Waals surface area contributed by atoms with Crippen LogP contribution in [-0.2, 0) is 4.79 Å². The number of carbonyl (C=O) groups excluding carboxylic acids is 1. The Balaban J connectivity index is 1.72. The molecule has 1 saturated heterocycles. The van der Waals surface area contributed by atoms with Crippen LogP contribution in [0.25, 0.3) is 5.57 Å². The number of nitrogens with zero attached hydrogens (tertiary/aromatic N) is 1. The van der Waals surface area contributed by atoms with Crippen LogP contribution in [0.2, 0.25) is 0 Å². The van der Waals surface area contributed by atoms with Gasteiger partial charge in [-0.05, 0) is 43.2 Å². The van der Waals surface area contributed by atoms with E-state index in [2.05, 4.69) is 23.5 Å². The van der Waals surface area contributed by atoms with E-state index in [9.17, 15) is 14.7 Å². The van der Waals surface area contributed by atoms with Gasteiger partial charge in [0.2, 0.25) is 5.91 Å². The molecule has 0 radical (unpaired) electrons. The van der Waals surface area contributed by atoms with Crippen molar-refractivity contribution in [2.24, 2.45) is 5.92 Å². The van der Waals surface area contributed by atoms with E-state index < -0.39 is 5.97 Å². The number of hydrogen-bond donors (Lipinski definition) is 2. The van der Waals surface area contributed by atoms with Crippen LogP contribution in [0, 0.1) is 5.92 Å². The second-order valence-corrected chi connectivity index (χ2v) is 8.68. The number of anilines is 1. The molecule has 1 saturated carbocycles. The highest BCUT2D eigenvalue weighted by Gasteiger charge is 2.38. The number of amides is 1. The highest BCUT2D eigenvalue weighted by Crippen LogP contribution is 2.40. The monoisotopic (exact) mass is 386 g/mol. The molecule has 2 fully saturated rings. The van der Waals surface area contributed by atoms with Crippen LogP contribution in [0.5, 0.6) is 0 Å². The fourth-order valence-corrected chi connectivity index (χ4v) is 5.56. The molecular formula is C21H26N2O3S. The van der Waals surface area contributed by atoms with Crippen LogP contribution < -0.4 is 10.2 Å². The molecule has 4 rings (SSSR count). The van der Waals surface area contributed by atoms with Gasteiger partial charge >= 0.3 is 5.97 Å². The number of rotatable bonds is 4. The van der Waals surface area contributed by atoms with E-state index in [0.29, 0.717) is 11.6 Å². The van der Waals surface area contributed by atoms with Gasteiger partial charge in [0.05, 0.1) is 18.3 Å². The molecule has 2 heterocycles. The highest BCUT2D eigenvalue weighted by molar-refractivity contribution is 7.15. The number of allylic oxidation sites excluding steroid dienone is 4. The van der Waals surface area contributed by atoms with Crippen molar-refractivity contribution < 1.29 is 14.7 Å². The van der Waals surface area contributed by atoms with Crippen molar-refractivity contribution in [2.45, 2.75) is 51.0 Å². The number of hydrogen-bond acceptors (Lipinski definition) is 4. The van der Waals surface area contributed by atoms with Gasteiger partial charge < -0.3 is 15.3 Å². The summed E-state index contributed by atoms with van der Waals surface area (Å²) in [7, 11) is 0. The van der Waals surface area contributed by atoms with E-state index in [1.165, 1.54) is 30.6 Å². The van der Waals surface area contributed by atoms with E-state index in [1.54, 1.807) is 0 Å². The molecule has 27 heavy (non-hydrogen) atoms. The molecule has 5 nitrogen and oxygen atoms in total. The third kappa shape index (κ3) is 3.73. The van der Waals surface area contributed by atoms with E-state index in [4.69, 9.17) is 0 Å². The Morgan fingerprint density at radius 2 is 2.04 bits per heavy atom. The number of carboxylic acid groups (broad SMARTS) is 1. The third-order valence-electron chi connectivity index (χ3n) is 5.87. The van der Waals surface area contributed by atoms with Gasteiger partial charge in [0.25, 0.3) is 0 Å². The predicted octanol–water partition coefficient (Wildman–Crippen LogP) is 4.06. The first-order chi connectivity index (χ1) is 13.1. The van der Waals surface area contributed by atoms with Crippen molar-refractivity contribution in [3.05, 3.63) is 34.0 Å². The van der Waals surface area contributed by atoms with Crippen LogP contribution >= 0.6 is 11.3 Å². The summed E-state index contributed by atoms with van der Waals surface area (Å²) in [4.78, 5) is 27.8. The number of aromatic carboxylic acids is 1. The van der Waals surface area contributed by atoms with Gasteiger partial charge in [0, 0.05) is 11.4 Å². The summed E-state index contributed by atoms with van der Waals surface area (Å²) in [6.45, 7) is 1.01. The molecular weight excluding hydrogens is 360 g/mol. The van der Waals surface area contributed by atoms with Crippen molar-refractivity contribution in [1.82, 2.24) is 5.32 Å². The van der Waals surface area contributed by atoms with Crippen LogP contribution in [-0.4, -0.2) is 36.1 Å². The average molecular weight is 387 g/mol. The van der Waals surface area contributed by atoms with Gasteiger partial charge in [0.1, 0.15) is 4.88 Å². The third-order valence-corrected chi connectivity index (χ3v) is 7.03. The van der Waals surface area contributed by atoms with Crippen LogP contribution in [0.1, 0.15) is 59.5 Å². The van der Waals surface area contributed by atoms with Crippen molar-refractivity contribution >= 4 is 34.5 Å². The number of carboxylic acids is 1. The first-order valence-corrected chi connectivity index (χ1v) is 10.7. The molecule has 1 amide bonds. The zero-order valence-corrected chi connectivity index (χ0v) is 16.3. The zero-order valence-electron chi connectivity index (χ0n) is 15.4. The van der Waals surface area contributed by atoms with Crippen LogP contribution in [0.4, 0.5) is 5.69 Å². The lowest BCUT2D eigenvalue weighted by molar-refractivity contribution is -0.119. The molecule has 1 aromatic heterocycles. The van der Waals surface area contributed by atoms with Gasteiger partial charge in [-0.25, -0.2) is 4.79 Å². The summed E-state index contributed by atoms with van der Waals surface area (Å²) in [6, 6.07) is 1.97. The quantitative estimate of drug-likeness (QED) is 0.819. The second-order valence-electron chi connectivity index (χ2n) is 7.63. The second kappa shape index (κ2) is 7.98. The van der Waals surface area contributed by atoms with Gasteiger partial charge in [-0.1, -0.05) is 37.5 Å². The molecule has 144 valence electrons. The summed E-state index contributed by atoms with van der Waals surface area (Å²) in [5.41, 5.74) is 1.65. The summed E-state index contributed by atoms with van der Waals surface area (Å²) in [5, 5.41) is 13.1. The largest absolute Gasteiger partial charge is 0.477 e. The molecule has 6 heteroatoms. The standard InChI is InChI=1S/C21H26N2O3S/c24-19-13-22-12-17(14-7-3-1-4-8-14)23(19)16-11-18(27-20(16)21(25)26)15-9-5-2-6-10-15/h5,9-11,14,17,22H,1-4,6-8,12-13H2,(H,25,26)/t17-/m0/s1.